The second kappa shape index (κ2) is 10.8. The lowest BCUT2D eigenvalue weighted by Crippen LogP contribution is -2.44. The van der Waals surface area contributed by atoms with Crippen LogP contribution in [0.3, 0.4) is 0 Å². The van der Waals surface area contributed by atoms with Gasteiger partial charge in [0.1, 0.15) is 0 Å². The van der Waals surface area contributed by atoms with Gasteiger partial charge in [0.05, 0.1) is 10.6 Å². The first kappa shape index (κ1) is 21.8. The summed E-state index contributed by atoms with van der Waals surface area (Å²) in [4.78, 5) is 12.1. The molecule has 0 bridgehead atoms. The predicted octanol–water partition coefficient (Wildman–Crippen LogP) is 3.21. The minimum atomic E-state index is -3.49. The van der Waals surface area contributed by atoms with Crippen LogP contribution in [0.2, 0.25) is 0 Å². The molecule has 2 rings (SSSR count). The van der Waals surface area contributed by atoms with Crippen molar-refractivity contribution in [2.45, 2.75) is 37.5 Å². The van der Waals surface area contributed by atoms with E-state index in [4.69, 9.17) is 12.2 Å². The maximum absolute atomic E-state index is 12.2. The number of rotatable bonds is 8. The van der Waals surface area contributed by atoms with Crippen LogP contribution < -0.4 is 16.2 Å². The van der Waals surface area contributed by atoms with Gasteiger partial charge < -0.3 is 5.32 Å². The topological polar surface area (TPSA) is 87.3 Å². The Morgan fingerprint density at radius 3 is 2.32 bits per heavy atom. The maximum atomic E-state index is 12.2. The van der Waals surface area contributed by atoms with Crippen molar-refractivity contribution in [3.8, 4) is 0 Å². The number of thiocarbonyl (C=S) groups is 1. The fourth-order valence-corrected chi connectivity index (χ4v) is 3.89. The summed E-state index contributed by atoms with van der Waals surface area (Å²) in [5.74, 6) is -0.734. The Morgan fingerprint density at radius 1 is 1.00 bits per heavy atom. The first-order chi connectivity index (χ1) is 13.4. The molecule has 0 aliphatic rings. The zero-order chi connectivity index (χ0) is 20.4. The van der Waals surface area contributed by atoms with Gasteiger partial charge in [0.15, 0.2) is 14.9 Å². The molecule has 0 atom stereocenters. The summed E-state index contributed by atoms with van der Waals surface area (Å²) < 4.78 is 24.3. The van der Waals surface area contributed by atoms with Gasteiger partial charge in [-0.25, -0.2) is 8.42 Å². The molecule has 0 aliphatic heterocycles. The lowest BCUT2D eigenvalue weighted by atomic mass is 10.1. The van der Waals surface area contributed by atoms with E-state index in [1.165, 1.54) is 17.7 Å². The van der Waals surface area contributed by atoms with Gasteiger partial charge in [-0.15, -0.1) is 0 Å². The van der Waals surface area contributed by atoms with Crippen molar-refractivity contribution in [1.29, 1.82) is 0 Å². The van der Waals surface area contributed by atoms with Crippen LogP contribution >= 0.6 is 12.2 Å². The van der Waals surface area contributed by atoms with Gasteiger partial charge in [0.25, 0.3) is 0 Å². The van der Waals surface area contributed by atoms with Crippen molar-refractivity contribution in [2.24, 2.45) is 0 Å². The van der Waals surface area contributed by atoms with Crippen molar-refractivity contribution < 1.29 is 13.2 Å². The van der Waals surface area contributed by atoms with Gasteiger partial charge in [-0.2, -0.15) is 0 Å². The third-order valence-corrected chi connectivity index (χ3v) is 5.98. The number of amides is 1. The highest BCUT2D eigenvalue weighted by Crippen LogP contribution is 2.12. The Kier molecular flexibility index (Phi) is 8.41. The molecule has 0 saturated heterocycles. The lowest BCUT2D eigenvalue weighted by Gasteiger charge is -2.12. The van der Waals surface area contributed by atoms with Crippen LogP contribution in [-0.4, -0.2) is 25.2 Å². The summed E-state index contributed by atoms with van der Waals surface area (Å²) in [6.45, 7) is 2.16. The quantitative estimate of drug-likeness (QED) is 0.450. The molecule has 6 nitrogen and oxygen atoms in total. The number of aryl methyl sites for hydroxylation is 1. The number of hydrogen-bond acceptors (Lipinski definition) is 4. The monoisotopic (exact) mass is 419 g/mol. The number of carbonyl (C=O) groups is 1. The maximum Gasteiger partial charge on any atom is 0.239 e. The summed E-state index contributed by atoms with van der Waals surface area (Å²) in [7, 11) is -3.49. The van der Waals surface area contributed by atoms with E-state index in [0.29, 0.717) is 0 Å². The number of hydrazine groups is 1. The van der Waals surface area contributed by atoms with Crippen molar-refractivity contribution >= 4 is 38.8 Å². The van der Waals surface area contributed by atoms with Crippen molar-refractivity contribution in [3.63, 3.8) is 0 Å². The number of unbranched alkanes of at least 4 members (excludes halogenated alkanes) is 1. The van der Waals surface area contributed by atoms with Gasteiger partial charge in [-0.1, -0.05) is 43.7 Å². The van der Waals surface area contributed by atoms with Crippen molar-refractivity contribution in [3.05, 3.63) is 60.2 Å². The zero-order valence-corrected chi connectivity index (χ0v) is 17.4. The molecular weight excluding hydrogens is 394 g/mol. The summed E-state index contributed by atoms with van der Waals surface area (Å²) in [6, 6.07) is 16.0. The molecule has 8 heteroatoms. The third kappa shape index (κ3) is 7.28. The Morgan fingerprint density at radius 2 is 1.68 bits per heavy atom. The molecule has 0 heterocycles. The van der Waals surface area contributed by atoms with Crippen LogP contribution in [-0.2, 0) is 21.1 Å². The molecule has 0 saturated carbocycles. The summed E-state index contributed by atoms with van der Waals surface area (Å²) >= 11 is 5.14. The van der Waals surface area contributed by atoms with Crippen LogP contribution in [0.1, 0.15) is 31.7 Å². The molecular formula is C20H25N3O3S2. The van der Waals surface area contributed by atoms with E-state index in [-0.39, 0.29) is 22.2 Å². The van der Waals surface area contributed by atoms with Crippen LogP contribution in [0.4, 0.5) is 5.69 Å². The fraction of sp³-hybridized carbons (Fsp3) is 0.300. The van der Waals surface area contributed by atoms with Crippen LogP contribution in [0.25, 0.3) is 0 Å². The zero-order valence-electron chi connectivity index (χ0n) is 15.8. The first-order valence-electron chi connectivity index (χ1n) is 9.13. The fourth-order valence-electron chi connectivity index (χ4n) is 2.46. The Hall–Kier alpha value is -2.45. The first-order valence-corrected chi connectivity index (χ1v) is 11.2. The van der Waals surface area contributed by atoms with Crippen LogP contribution in [0.5, 0.6) is 0 Å². The average Bonchev–Trinajstić information content (AvgIpc) is 2.71. The number of benzene rings is 2. The van der Waals surface area contributed by atoms with E-state index in [1.807, 2.05) is 24.3 Å². The second-order valence-corrected chi connectivity index (χ2v) is 8.83. The standard InChI is InChI=1S/C20H25N3O3S2/c1-2-3-7-16-10-12-17(13-11-16)21-20(27)23-22-19(24)14-15-28(25,26)18-8-5-4-6-9-18/h4-6,8-13H,2-3,7,14-15H2,1H3,(H,22,24)(H2,21,23,27). The molecule has 0 spiro atoms. The predicted molar refractivity (Wildman–Crippen MR) is 116 cm³/mol. The van der Waals surface area contributed by atoms with Crippen molar-refractivity contribution in [1.82, 2.24) is 10.9 Å². The Balaban J connectivity index is 1.74. The molecule has 0 aliphatic carbocycles. The number of nitrogens with one attached hydrogen (secondary N) is 3. The molecule has 150 valence electrons. The molecule has 2 aromatic carbocycles. The van der Waals surface area contributed by atoms with Crippen LogP contribution in [0, 0.1) is 0 Å². The van der Waals surface area contributed by atoms with E-state index in [1.54, 1.807) is 18.2 Å². The highest BCUT2D eigenvalue weighted by Gasteiger charge is 2.16. The number of carbonyl (C=O) groups excluding carboxylic acids is 1. The third-order valence-electron chi connectivity index (χ3n) is 4.05. The Bertz CT molecular complexity index is 883. The molecule has 1 amide bonds. The van der Waals surface area contributed by atoms with E-state index in [0.717, 1.165) is 24.9 Å². The molecule has 28 heavy (non-hydrogen) atoms. The van der Waals surface area contributed by atoms with E-state index >= 15 is 0 Å². The molecule has 0 aromatic heterocycles. The molecule has 3 N–H and O–H groups in total. The molecule has 2 aromatic rings. The molecule has 0 unspecified atom stereocenters. The minimum Gasteiger partial charge on any atom is -0.331 e. The van der Waals surface area contributed by atoms with Gasteiger partial charge in [-0.05, 0) is 54.9 Å². The molecule has 0 fully saturated rings. The summed E-state index contributed by atoms with van der Waals surface area (Å²) in [5.41, 5.74) is 7.06. The van der Waals surface area contributed by atoms with E-state index < -0.39 is 15.7 Å². The minimum absolute atomic E-state index is 0.168. The number of anilines is 1. The highest BCUT2D eigenvalue weighted by molar-refractivity contribution is 7.91. The Labute approximate surface area is 171 Å². The number of hydrogen-bond donors (Lipinski definition) is 3. The van der Waals surface area contributed by atoms with Crippen LogP contribution in [0.15, 0.2) is 59.5 Å². The highest BCUT2D eigenvalue weighted by atomic mass is 32.2. The summed E-state index contributed by atoms with van der Waals surface area (Å²) in [5, 5.41) is 3.19. The van der Waals surface area contributed by atoms with Gasteiger partial charge in [-0.3, -0.25) is 15.6 Å². The largest absolute Gasteiger partial charge is 0.331 e. The smallest absolute Gasteiger partial charge is 0.239 e. The van der Waals surface area contributed by atoms with Gasteiger partial charge in [0.2, 0.25) is 5.91 Å². The van der Waals surface area contributed by atoms with Gasteiger partial charge >= 0.3 is 0 Å². The SMILES string of the molecule is CCCCc1ccc(NC(=S)NNC(=O)CCS(=O)(=O)c2ccccc2)cc1. The molecule has 0 radical (unpaired) electrons. The van der Waals surface area contributed by atoms with Crippen molar-refractivity contribution in [2.75, 3.05) is 11.1 Å². The van der Waals surface area contributed by atoms with E-state index in [9.17, 15) is 13.2 Å². The normalized spacial score (nSPS) is 10.9. The van der Waals surface area contributed by atoms with Gasteiger partial charge in [0, 0.05) is 12.1 Å². The summed E-state index contributed by atoms with van der Waals surface area (Å²) in [6.07, 6.45) is 3.18. The second-order valence-electron chi connectivity index (χ2n) is 6.31. The number of sulfone groups is 1. The average molecular weight is 420 g/mol. The lowest BCUT2D eigenvalue weighted by molar-refractivity contribution is -0.121. The van der Waals surface area contributed by atoms with E-state index in [2.05, 4.69) is 23.1 Å².